The Morgan fingerprint density at radius 3 is 2.38 bits per heavy atom. The van der Waals surface area contributed by atoms with Gasteiger partial charge >= 0.3 is 23.9 Å². The average Bonchev–Trinajstić information content (AvgIpc) is 3.07. The van der Waals surface area contributed by atoms with Gasteiger partial charge in [-0.05, 0) is 49.4 Å². The maximum absolute atomic E-state index is 12.3. The lowest BCUT2D eigenvalue weighted by molar-refractivity contribution is -0.191. The molecule has 0 aromatic carbocycles. The van der Waals surface area contributed by atoms with Crippen LogP contribution in [0.1, 0.15) is 66.7 Å². The smallest absolute Gasteiger partial charge is 0.337 e. The molecule has 1 saturated heterocycles. The summed E-state index contributed by atoms with van der Waals surface area (Å²) in [6.07, 6.45) is 4.40. The fraction of sp³-hybridized carbons (Fsp3) is 0.692. The second-order valence-corrected chi connectivity index (χ2v) is 10.3. The lowest BCUT2D eigenvalue weighted by Crippen LogP contribution is -2.58. The highest BCUT2D eigenvalue weighted by Gasteiger charge is 2.59. The van der Waals surface area contributed by atoms with Crippen LogP contribution < -0.4 is 0 Å². The third-order valence-corrected chi connectivity index (χ3v) is 8.04. The molecule has 1 heterocycles. The van der Waals surface area contributed by atoms with Gasteiger partial charge in [0, 0.05) is 26.2 Å². The minimum absolute atomic E-state index is 0.0280. The molecule has 0 radical (unpaired) electrons. The van der Waals surface area contributed by atoms with Crippen molar-refractivity contribution in [2.75, 3.05) is 13.2 Å². The molecule has 3 fully saturated rings. The van der Waals surface area contributed by atoms with Crippen LogP contribution >= 0.6 is 0 Å². The zero-order valence-corrected chi connectivity index (χ0v) is 20.8. The van der Waals surface area contributed by atoms with Gasteiger partial charge in [0.25, 0.3) is 0 Å². The van der Waals surface area contributed by atoms with Gasteiger partial charge in [-0.25, -0.2) is 4.79 Å². The summed E-state index contributed by atoms with van der Waals surface area (Å²) in [5, 5.41) is 0. The Labute approximate surface area is 201 Å². The van der Waals surface area contributed by atoms with Gasteiger partial charge in [0.05, 0.1) is 5.57 Å². The molecule has 6 atom stereocenters. The summed E-state index contributed by atoms with van der Waals surface area (Å²) in [4.78, 5) is 47.2. The number of hydrogen-bond acceptors (Lipinski definition) is 8. The van der Waals surface area contributed by atoms with Crippen LogP contribution in [0.4, 0.5) is 0 Å². The summed E-state index contributed by atoms with van der Waals surface area (Å²) in [5.74, 6) is -1.49. The number of cyclic esters (lactones) is 1. The highest BCUT2D eigenvalue weighted by Crippen LogP contribution is 2.62. The molecular formula is C26H36O8. The number of carbonyl (C=O) groups is 4. The number of hydrogen-bond donors (Lipinski definition) is 0. The van der Waals surface area contributed by atoms with Crippen molar-refractivity contribution in [3.05, 3.63) is 23.8 Å². The fourth-order valence-electron chi connectivity index (χ4n) is 6.46. The van der Waals surface area contributed by atoms with E-state index in [2.05, 4.69) is 13.5 Å². The first kappa shape index (κ1) is 26.0. The van der Waals surface area contributed by atoms with E-state index in [0.29, 0.717) is 18.4 Å². The van der Waals surface area contributed by atoms with E-state index in [4.69, 9.17) is 18.9 Å². The number of fused-ring (bicyclic) bond motifs is 1. The summed E-state index contributed by atoms with van der Waals surface area (Å²) in [6, 6.07) is 0. The number of allylic oxidation sites excluding steroid dienone is 2. The van der Waals surface area contributed by atoms with Crippen molar-refractivity contribution in [1.29, 1.82) is 0 Å². The Morgan fingerprint density at radius 2 is 1.76 bits per heavy atom. The maximum atomic E-state index is 12.3. The zero-order chi connectivity index (χ0) is 25.3. The minimum atomic E-state index is -0.695. The number of ether oxygens (including phenoxy) is 4. The van der Waals surface area contributed by atoms with E-state index in [0.717, 1.165) is 24.8 Å². The first-order valence-electron chi connectivity index (χ1n) is 11.9. The molecule has 3 aliphatic rings. The van der Waals surface area contributed by atoms with Gasteiger partial charge < -0.3 is 18.9 Å². The van der Waals surface area contributed by atoms with Crippen LogP contribution in [0.15, 0.2) is 23.8 Å². The molecule has 0 bridgehead atoms. The van der Waals surface area contributed by atoms with Crippen LogP contribution in [0.2, 0.25) is 0 Å². The zero-order valence-electron chi connectivity index (χ0n) is 20.8. The second-order valence-electron chi connectivity index (χ2n) is 10.3. The molecule has 0 spiro atoms. The van der Waals surface area contributed by atoms with E-state index >= 15 is 0 Å². The monoisotopic (exact) mass is 476 g/mol. The summed E-state index contributed by atoms with van der Waals surface area (Å²) in [6.45, 7) is 12.9. The summed E-state index contributed by atoms with van der Waals surface area (Å²) >= 11 is 0. The van der Waals surface area contributed by atoms with Crippen molar-refractivity contribution in [3.8, 4) is 0 Å². The van der Waals surface area contributed by atoms with Crippen molar-refractivity contribution in [2.45, 2.75) is 78.9 Å². The molecule has 8 nitrogen and oxygen atoms in total. The SMILES string of the molecule is C=C1CCC2[C@](C)(COC(C)=O)[C@H](OC(C)=O)CC[C@@]2(C)[C@@H]1C/C=C1/C(=O)OC[C@H]1OC(C)=O. The third kappa shape index (κ3) is 5.05. The van der Waals surface area contributed by atoms with Crippen molar-refractivity contribution in [3.63, 3.8) is 0 Å². The molecule has 1 unspecified atom stereocenters. The number of rotatable bonds is 6. The Bertz CT molecular complexity index is 904. The predicted octanol–water partition coefficient (Wildman–Crippen LogP) is 3.68. The van der Waals surface area contributed by atoms with Crippen LogP contribution in [0.3, 0.4) is 0 Å². The van der Waals surface area contributed by atoms with Crippen molar-refractivity contribution in [2.24, 2.45) is 22.7 Å². The second kappa shape index (κ2) is 9.92. The first-order valence-corrected chi connectivity index (χ1v) is 11.9. The largest absolute Gasteiger partial charge is 0.465 e. The number of carbonyl (C=O) groups excluding carboxylic acids is 4. The van der Waals surface area contributed by atoms with E-state index in [1.54, 1.807) is 0 Å². The Morgan fingerprint density at radius 1 is 1.09 bits per heavy atom. The van der Waals surface area contributed by atoms with E-state index in [9.17, 15) is 19.2 Å². The number of esters is 4. The van der Waals surface area contributed by atoms with Crippen LogP contribution in [0.25, 0.3) is 0 Å². The lowest BCUT2D eigenvalue weighted by atomic mass is 9.46. The van der Waals surface area contributed by atoms with Crippen LogP contribution in [-0.4, -0.2) is 49.3 Å². The fourth-order valence-corrected chi connectivity index (χ4v) is 6.46. The summed E-state index contributed by atoms with van der Waals surface area (Å²) in [7, 11) is 0. The first-order chi connectivity index (χ1) is 15.9. The van der Waals surface area contributed by atoms with Gasteiger partial charge in [0.15, 0.2) is 6.10 Å². The molecule has 1 aliphatic heterocycles. The topological polar surface area (TPSA) is 105 Å². The van der Waals surface area contributed by atoms with Gasteiger partial charge in [0.2, 0.25) is 0 Å². The van der Waals surface area contributed by atoms with Gasteiger partial charge in [-0.2, -0.15) is 0 Å². The maximum Gasteiger partial charge on any atom is 0.337 e. The minimum Gasteiger partial charge on any atom is -0.465 e. The van der Waals surface area contributed by atoms with Gasteiger partial charge in [-0.1, -0.05) is 32.1 Å². The van der Waals surface area contributed by atoms with E-state index in [1.165, 1.54) is 20.8 Å². The van der Waals surface area contributed by atoms with E-state index < -0.39 is 23.5 Å². The molecular weight excluding hydrogens is 440 g/mol. The van der Waals surface area contributed by atoms with Crippen molar-refractivity contribution >= 4 is 23.9 Å². The Hall–Kier alpha value is -2.64. The molecule has 34 heavy (non-hydrogen) atoms. The lowest BCUT2D eigenvalue weighted by Gasteiger charge is -2.60. The quantitative estimate of drug-likeness (QED) is 0.247. The van der Waals surface area contributed by atoms with Crippen LogP contribution in [-0.2, 0) is 38.1 Å². The average molecular weight is 477 g/mol. The van der Waals surface area contributed by atoms with E-state index in [-0.39, 0.29) is 48.5 Å². The van der Waals surface area contributed by atoms with Gasteiger partial charge in [-0.15, -0.1) is 0 Å². The highest BCUT2D eigenvalue weighted by atomic mass is 16.6. The van der Waals surface area contributed by atoms with Crippen LogP contribution in [0.5, 0.6) is 0 Å². The highest BCUT2D eigenvalue weighted by molar-refractivity contribution is 5.92. The van der Waals surface area contributed by atoms with Crippen molar-refractivity contribution < 1.29 is 38.1 Å². The van der Waals surface area contributed by atoms with E-state index in [1.807, 2.05) is 13.0 Å². The summed E-state index contributed by atoms with van der Waals surface area (Å²) < 4.78 is 21.6. The molecule has 0 N–H and O–H groups in total. The van der Waals surface area contributed by atoms with Gasteiger partial charge in [0.1, 0.15) is 19.3 Å². The molecule has 0 aromatic rings. The van der Waals surface area contributed by atoms with Crippen LogP contribution in [0, 0.1) is 22.7 Å². The normalized spacial score (nSPS) is 36.4. The summed E-state index contributed by atoms with van der Waals surface area (Å²) in [5.41, 5.74) is 0.706. The van der Waals surface area contributed by atoms with Crippen molar-refractivity contribution in [1.82, 2.24) is 0 Å². The van der Waals surface area contributed by atoms with Gasteiger partial charge in [-0.3, -0.25) is 14.4 Å². The standard InChI is InChI=1S/C26H36O8/c1-15-7-10-22-25(5,12-11-23(34-18(4)29)26(22,6)14-32-16(2)27)20(15)9-8-19-21(33-17(3)28)13-31-24(19)30/h8,20-23H,1,7,9-14H2,2-6H3/b19-8+/t20-,21-,22?,23-,25+,26+/m1/s1. The Kier molecular flexibility index (Phi) is 7.58. The molecule has 2 aliphatic carbocycles. The Balaban J connectivity index is 1.91. The predicted molar refractivity (Wildman–Crippen MR) is 122 cm³/mol. The molecule has 2 saturated carbocycles. The molecule has 188 valence electrons. The molecule has 8 heteroatoms. The molecule has 0 amide bonds. The third-order valence-electron chi connectivity index (χ3n) is 8.04. The molecule has 0 aromatic heterocycles. The molecule has 3 rings (SSSR count).